The van der Waals surface area contributed by atoms with Gasteiger partial charge in [0, 0.05) is 43.5 Å². The first-order valence-electron chi connectivity index (χ1n) is 7.72. The summed E-state index contributed by atoms with van der Waals surface area (Å²) in [6.45, 7) is 0.898. The summed E-state index contributed by atoms with van der Waals surface area (Å²) in [6.07, 6.45) is 8.61. The van der Waals surface area contributed by atoms with Crippen LogP contribution in [0.3, 0.4) is 0 Å². The molecule has 4 rings (SSSR count). The molecule has 1 aliphatic carbocycles. The topological polar surface area (TPSA) is 62.3 Å². The van der Waals surface area contributed by atoms with Gasteiger partial charge in [0.1, 0.15) is 0 Å². The van der Waals surface area contributed by atoms with E-state index in [9.17, 15) is 9.59 Å². The van der Waals surface area contributed by atoms with Gasteiger partial charge in [-0.3, -0.25) is 14.6 Å². The molecule has 0 radical (unpaired) electrons. The van der Waals surface area contributed by atoms with Gasteiger partial charge in [-0.25, -0.2) is 0 Å². The Balaban J connectivity index is 1.46. The third-order valence-corrected chi connectivity index (χ3v) is 4.56. The number of aromatic nitrogens is 1. The van der Waals surface area contributed by atoms with Crippen LogP contribution < -0.4 is 5.32 Å². The Hall–Kier alpha value is -1.91. The molecule has 1 N–H and O–H groups in total. The van der Waals surface area contributed by atoms with Crippen molar-refractivity contribution in [2.45, 2.75) is 44.6 Å². The highest BCUT2D eigenvalue weighted by molar-refractivity contribution is 5.93. The molecule has 5 nitrogen and oxygen atoms in total. The van der Waals surface area contributed by atoms with Gasteiger partial charge in [-0.15, -0.1) is 0 Å². The van der Waals surface area contributed by atoms with Crippen LogP contribution in [-0.2, 0) is 9.59 Å². The summed E-state index contributed by atoms with van der Waals surface area (Å²) < 4.78 is 0. The molecule has 2 aliphatic heterocycles. The Bertz CT molecular complexity index is 510. The van der Waals surface area contributed by atoms with Crippen LogP contribution in [0.1, 0.15) is 38.5 Å². The first-order valence-corrected chi connectivity index (χ1v) is 7.72. The van der Waals surface area contributed by atoms with E-state index in [2.05, 4.69) is 10.3 Å². The lowest BCUT2D eigenvalue weighted by atomic mass is 9.80. The number of piperidine rings is 2. The van der Waals surface area contributed by atoms with Crippen LogP contribution in [0.15, 0.2) is 24.5 Å². The van der Waals surface area contributed by atoms with Crippen molar-refractivity contribution in [3.8, 4) is 0 Å². The number of nitrogens with one attached hydrogen (secondary N) is 1. The number of anilines is 1. The van der Waals surface area contributed by atoms with E-state index in [0.29, 0.717) is 18.4 Å². The van der Waals surface area contributed by atoms with Crippen LogP contribution in [0.4, 0.5) is 5.69 Å². The van der Waals surface area contributed by atoms with E-state index in [0.717, 1.165) is 25.1 Å². The van der Waals surface area contributed by atoms with Crippen LogP contribution in [0.25, 0.3) is 0 Å². The van der Waals surface area contributed by atoms with Crippen LogP contribution in [-0.4, -0.2) is 34.3 Å². The zero-order valence-corrected chi connectivity index (χ0v) is 12.1. The predicted octanol–water partition coefficient (Wildman–Crippen LogP) is 2.20. The predicted molar refractivity (Wildman–Crippen MR) is 79.6 cm³/mol. The average molecular weight is 287 g/mol. The number of nitrogens with zero attached hydrogens (tertiary/aromatic N) is 2. The molecule has 1 aromatic rings. The number of hydrogen-bond donors (Lipinski definition) is 1. The Morgan fingerprint density at radius 1 is 1.14 bits per heavy atom. The standard InChI is InChI=1S/C16H21N3O2/c20-15(18-13-7-9-17-10-8-13)5-6-16(21)19-11-12-1-3-14(19)4-2-12/h7-10,12,14H,1-6,11H2,(H,17,18,20). The van der Waals surface area contributed by atoms with Crippen LogP contribution >= 0.6 is 0 Å². The van der Waals surface area contributed by atoms with Gasteiger partial charge in [0.2, 0.25) is 11.8 Å². The highest BCUT2D eigenvalue weighted by Crippen LogP contribution is 2.35. The van der Waals surface area contributed by atoms with E-state index in [4.69, 9.17) is 0 Å². The monoisotopic (exact) mass is 287 g/mol. The van der Waals surface area contributed by atoms with Gasteiger partial charge in [-0.2, -0.15) is 0 Å². The lowest BCUT2D eigenvalue weighted by Gasteiger charge is -2.45. The molecule has 5 heteroatoms. The molecule has 0 atom stereocenters. The van der Waals surface area contributed by atoms with Crippen LogP contribution in [0.5, 0.6) is 0 Å². The molecule has 3 aliphatic rings. The summed E-state index contributed by atoms with van der Waals surface area (Å²) in [7, 11) is 0. The number of hydrogen-bond acceptors (Lipinski definition) is 3. The second kappa shape index (κ2) is 6.24. The number of rotatable bonds is 4. The third kappa shape index (κ3) is 3.40. The molecule has 0 spiro atoms. The fourth-order valence-electron chi connectivity index (χ4n) is 3.39. The van der Waals surface area contributed by atoms with Gasteiger partial charge in [-0.1, -0.05) is 0 Å². The maximum Gasteiger partial charge on any atom is 0.224 e. The number of pyridine rings is 1. The fourth-order valence-corrected chi connectivity index (χ4v) is 3.39. The average Bonchev–Trinajstić information content (AvgIpc) is 2.54. The van der Waals surface area contributed by atoms with E-state index < -0.39 is 0 Å². The molecule has 1 saturated carbocycles. The molecule has 0 aromatic carbocycles. The summed E-state index contributed by atoms with van der Waals surface area (Å²) in [4.78, 5) is 30.0. The first kappa shape index (κ1) is 14.0. The molecule has 3 fully saturated rings. The third-order valence-electron chi connectivity index (χ3n) is 4.56. The van der Waals surface area contributed by atoms with Crippen molar-refractivity contribution in [3.63, 3.8) is 0 Å². The largest absolute Gasteiger partial charge is 0.339 e. The summed E-state index contributed by atoms with van der Waals surface area (Å²) in [5.74, 6) is 0.704. The minimum atomic E-state index is -0.114. The van der Waals surface area contributed by atoms with Gasteiger partial charge in [0.15, 0.2) is 0 Å². The Morgan fingerprint density at radius 3 is 2.48 bits per heavy atom. The van der Waals surface area contributed by atoms with Gasteiger partial charge in [-0.05, 0) is 43.7 Å². The maximum atomic E-state index is 12.3. The van der Waals surface area contributed by atoms with Crippen molar-refractivity contribution < 1.29 is 9.59 Å². The van der Waals surface area contributed by atoms with Gasteiger partial charge >= 0.3 is 0 Å². The summed E-state index contributed by atoms with van der Waals surface area (Å²) >= 11 is 0. The molecule has 0 unspecified atom stereocenters. The van der Waals surface area contributed by atoms with Crippen molar-refractivity contribution in [2.75, 3.05) is 11.9 Å². The smallest absolute Gasteiger partial charge is 0.224 e. The molecular formula is C16H21N3O2. The normalized spacial score (nSPS) is 23.9. The molecule has 2 amide bonds. The van der Waals surface area contributed by atoms with E-state index in [1.807, 2.05) is 4.90 Å². The first-order chi connectivity index (χ1) is 10.2. The molecule has 1 aromatic heterocycles. The van der Waals surface area contributed by atoms with Crippen LogP contribution in [0, 0.1) is 5.92 Å². The Labute approximate surface area is 124 Å². The SMILES string of the molecule is O=C(CCC(=O)N1CC2CCC1CC2)Nc1ccncc1. The zero-order valence-electron chi connectivity index (χ0n) is 12.1. The van der Waals surface area contributed by atoms with E-state index in [1.54, 1.807) is 24.5 Å². The molecule has 112 valence electrons. The second-order valence-corrected chi connectivity index (χ2v) is 6.00. The lowest BCUT2D eigenvalue weighted by Crippen LogP contribution is -2.50. The maximum absolute atomic E-state index is 12.3. The Morgan fingerprint density at radius 2 is 1.86 bits per heavy atom. The summed E-state index contributed by atoms with van der Waals surface area (Å²) in [5, 5.41) is 2.78. The van der Waals surface area contributed by atoms with Crippen LogP contribution in [0.2, 0.25) is 0 Å². The molecule has 2 saturated heterocycles. The molecular weight excluding hydrogens is 266 g/mol. The summed E-state index contributed by atoms with van der Waals surface area (Å²) in [5.41, 5.74) is 0.722. The van der Waals surface area contributed by atoms with E-state index >= 15 is 0 Å². The quantitative estimate of drug-likeness (QED) is 0.923. The number of amides is 2. The number of carbonyl (C=O) groups is 2. The number of carbonyl (C=O) groups excluding carboxylic acids is 2. The lowest BCUT2D eigenvalue weighted by molar-refractivity contribution is -0.139. The summed E-state index contributed by atoms with van der Waals surface area (Å²) in [6, 6.07) is 3.90. The van der Waals surface area contributed by atoms with E-state index in [-0.39, 0.29) is 18.2 Å². The van der Waals surface area contributed by atoms with Crippen molar-refractivity contribution in [3.05, 3.63) is 24.5 Å². The van der Waals surface area contributed by atoms with Gasteiger partial charge < -0.3 is 10.2 Å². The highest BCUT2D eigenvalue weighted by Gasteiger charge is 2.35. The molecule has 3 heterocycles. The van der Waals surface area contributed by atoms with Crippen molar-refractivity contribution >= 4 is 17.5 Å². The zero-order chi connectivity index (χ0) is 14.7. The number of fused-ring (bicyclic) bond motifs is 3. The van der Waals surface area contributed by atoms with Crippen molar-refractivity contribution in [1.29, 1.82) is 0 Å². The van der Waals surface area contributed by atoms with Gasteiger partial charge in [0.05, 0.1) is 0 Å². The van der Waals surface area contributed by atoms with E-state index in [1.165, 1.54) is 12.8 Å². The van der Waals surface area contributed by atoms with Gasteiger partial charge in [0.25, 0.3) is 0 Å². The fraction of sp³-hybridized carbons (Fsp3) is 0.562. The molecule has 2 bridgehead atoms. The highest BCUT2D eigenvalue weighted by atomic mass is 16.2. The molecule has 21 heavy (non-hydrogen) atoms. The van der Waals surface area contributed by atoms with Crippen molar-refractivity contribution in [2.24, 2.45) is 5.92 Å². The second-order valence-electron chi connectivity index (χ2n) is 6.00. The minimum Gasteiger partial charge on any atom is -0.339 e. The minimum absolute atomic E-state index is 0.114. The van der Waals surface area contributed by atoms with Crippen molar-refractivity contribution in [1.82, 2.24) is 9.88 Å². The Kier molecular flexibility index (Phi) is 4.18.